The Morgan fingerprint density at radius 3 is 2.81 bits per heavy atom. The first-order valence-corrected chi connectivity index (χ1v) is 10.4. The van der Waals surface area contributed by atoms with E-state index in [9.17, 15) is 9.18 Å². The molecule has 1 aliphatic carbocycles. The molecular weight excluding hydrogens is 423 g/mol. The van der Waals surface area contributed by atoms with E-state index < -0.39 is 11.7 Å². The fourth-order valence-electron chi connectivity index (χ4n) is 3.55. The predicted octanol–water partition coefficient (Wildman–Crippen LogP) is 2.37. The summed E-state index contributed by atoms with van der Waals surface area (Å²) >= 11 is 5.77. The van der Waals surface area contributed by atoms with Gasteiger partial charge >= 0.3 is 0 Å². The molecule has 1 fully saturated rings. The van der Waals surface area contributed by atoms with Crippen molar-refractivity contribution in [1.29, 1.82) is 0 Å². The van der Waals surface area contributed by atoms with Crippen LogP contribution in [0, 0.1) is 11.7 Å². The maximum absolute atomic E-state index is 13.3. The second-order valence-electron chi connectivity index (χ2n) is 7.67. The van der Waals surface area contributed by atoms with Crippen molar-refractivity contribution in [3.63, 3.8) is 0 Å². The highest BCUT2D eigenvalue weighted by Gasteiger charge is 2.20. The van der Waals surface area contributed by atoms with Crippen molar-refractivity contribution in [2.75, 3.05) is 0 Å². The van der Waals surface area contributed by atoms with E-state index in [2.05, 4.69) is 30.7 Å². The molecule has 31 heavy (non-hydrogen) atoms. The summed E-state index contributed by atoms with van der Waals surface area (Å²) in [4.78, 5) is 22.2. The van der Waals surface area contributed by atoms with Crippen LogP contribution in [0.3, 0.4) is 0 Å². The first kappa shape index (κ1) is 21.3. The van der Waals surface area contributed by atoms with Gasteiger partial charge in [0.05, 0.1) is 11.6 Å². The van der Waals surface area contributed by atoms with Gasteiger partial charge in [-0.15, -0.1) is 10.2 Å². The second kappa shape index (κ2) is 9.44. The van der Waals surface area contributed by atoms with Crippen LogP contribution in [0.5, 0.6) is 0 Å². The lowest BCUT2D eigenvalue weighted by atomic mass is 9.86. The highest BCUT2D eigenvalue weighted by Crippen LogP contribution is 2.24. The van der Waals surface area contributed by atoms with Gasteiger partial charge in [0.15, 0.2) is 0 Å². The van der Waals surface area contributed by atoms with Crippen molar-refractivity contribution >= 4 is 17.5 Å². The van der Waals surface area contributed by atoms with Gasteiger partial charge in [0.1, 0.15) is 23.5 Å². The summed E-state index contributed by atoms with van der Waals surface area (Å²) in [6.45, 7) is 0.857. The van der Waals surface area contributed by atoms with Crippen LogP contribution in [-0.4, -0.2) is 42.1 Å². The number of hydrogen-bond acceptors (Lipinski definition) is 7. The van der Waals surface area contributed by atoms with Crippen LogP contribution < -0.4 is 11.1 Å². The number of aromatic nitrogens is 6. The van der Waals surface area contributed by atoms with Crippen molar-refractivity contribution in [3.8, 4) is 11.5 Å². The summed E-state index contributed by atoms with van der Waals surface area (Å²) in [6.07, 6.45) is 5.41. The smallest absolute Gasteiger partial charge is 0.270 e. The SMILES string of the molecule is N[C@H]1CC[C@H](Cn2nnc(-c3cc(C(=O)NCc4ccc(F)c(Cl)c4)ncn3)n2)CC1. The Hall–Kier alpha value is -2.98. The van der Waals surface area contributed by atoms with Crippen LogP contribution in [0.15, 0.2) is 30.6 Å². The van der Waals surface area contributed by atoms with Gasteiger partial charge in [-0.05, 0) is 60.6 Å². The number of rotatable bonds is 6. The Labute approximate surface area is 183 Å². The summed E-state index contributed by atoms with van der Waals surface area (Å²) in [5, 5.41) is 15.3. The zero-order valence-electron chi connectivity index (χ0n) is 16.7. The largest absolute Gasteiger partial charge is 0.347 e. The number of tetrazole rings is 1. The van der Waals surface area contributed by atoms with Crippen LogP contribution in [0.25, 0.3) is 11.5 Å². The summed E-state index contributed by atoms with van der Waals surface area (Å²) in [5.41, 5.74) is 7.19. The summed E-state index contributed by atoms with van der Waals surface area (Å²) in [5.74, 6) is -0.109. The van der Waals surface area contributed by atoms with E-state index >= 15 is 0 Å². The van der Waals surface area contributed by atoms with E-state index in [-0.39, 0.29) is 17.3 Å². The van der Waals surface area contributed by atoms with Gasteiger partial charge in [-0.25, -0.2) is 14.4 Å². The maximum Gasteiger partial charge on any atom is 0.270 e. The van der Waals surface area contributed by atoms with Gasteiger partial charge in [0.25, 0.3) is 5.91 Å². The van der Waals surface area contributed by atoms with Gasteiger partial charge in [-0.1, -0.05) is 17.7 Å². The Morgan fingerprint density at radius 2 is 2.03 bits per heavy atom. The monoisotopic (exact) mass is 444 g/mol. The van der Waals surface area contributed by atoms with Crippen molar-refractivity contribution in [2.24, 2.45) is 11.7 Å². The van der Waals surface area contributed by atoms with Crippen molar-refractivity contribution < 1.29 is 9.18 Å². The van der Waals surface area contributed by atoms with E-state index in [4.69, 9.17) is 17.3 Å². The second-order valence-corrected chi connectivity index (χ2v) is 8.08. The number of nitrogens with zero attached hydrogens (tertiary/aromatic N) is 6. The first-order valence-electron chi connectivity index (χ1n) is 10.1. The third kappa shape index (κ3) is 5.39. The van der Waals surface area contributed by atoms with Crippen molar-refractivity contribution in [1.82, 2.24) is 35.5 Å². The lowest BCUT2D eigenvalue weighted by Crippen LogP contribution is -2.28. The van der Waals surface area contributed by atoms with E-state index in [1.165, 1.54) is 24.5 Å². The van der Waals surface area contributed by atoms with Crippen LogP contribution in [0.4, 0.5) is 4.39 Å². The number of nitrogens with one attached hydrogen (secondary N) is 1. The van der Waals surface area contributed by atoms with Crippen molar-refractivity contribution in [3.05, 3.63) is 52.7 Å². The lowest BCUT2D eigenvalue weighted by Gasteiger charge is -2.25. The molecule has 9 nitrogen and oxygen atoms in total. The molecule has 162 valence electrons. The molecule has 2 heterocycles. The van der Waals surface area contributed by atoms with E-state index in [0.717, 1.165) is 25.7 Å². The molecule has 11 heteroatoms. The Morgan fingerprint density at radius 1 is 1.23 bits per heavy atom. The molecular formula is C20H22ClFN8O. The van der Waals surface area contributed by atoms with Crippen LogP contribution >= 0.6 is 11.6 Å². The summed E-state index contributed by atoms with van der Waals surface area (Å²) in [6, 6.07) is 6.07. The molecule has 4 rings (SSSR count). The van der Waals surface area contributed by atoms with Crippen LogP contribution in [0.2, 0.25) is 5.02 Å². The van der Waals surface area contributed by atoms with E-state index in [1.54, 1.807) is 10.9 Å². The quantitative estimate of drug-likeness (QED) is 0.597. The molecule has 0 spiro atoms. The Bertz CT molecular complexity index is 1070. The third-order valence-corrected chi connectivity index (χ3v) is 5.62. The lowest BCUT2D eigenvalue weighted by molar-refractivity contribution is 0.0946. The number of amides is 1. The molecule has 2 aromatic heterocycles. The van der Waals surface area contributed by atoms with E-state index in [0.29, 0.717) is 35.6 Å². The molecule has 0 unspecified atom stereocenters. The third-order valence-electron chi connectivity index (χ3n) is 5.33. The van der Waals surface area contributed by atoms with Crippen LogP contribution in [0.1, 0.15) is 41.7 Å². The highest BCUT2D eigenvalue weighted by atomic mass is 35.5. The molecule has 0 atom stereocenters. The molecule has 0 aliphatic heterocycles. The van der Waals surface area contributed by atoms with Gasteiger partial charge in [-0.3, -0.25) is 4.79 Å². The van der Waals surface area contributed by atoms with Gasteiger partial charge in [-0.2, -0.15) is 4.80 Å². The standard InChI is InChI=1S/C20H22ClFN8O/c21-15-7-13(3-6-16(15)22)9-24-20(31)18-8-17(25-11-26-18)19-27-29-30(28-19)10-12-1-4-14(23)5-2-12/h3,6-8,11-12,14H,1-2,4-5,9-10,23H2,(H,24,31)/t12-,14-. The number of carbonyl (C=O) groups excluding carboxylic acids is 1. The molecule has 0 radical (unpaired) electrons. The normalized spacial score (nSPS) is 18.7. The Kier molecular flexibility index (Phi) is 6.47. The molecule has 1 aliphatic rings. The summed E-state index contributed by atoms with van der Waals surface area (Å²) in [7, 11) is 0. The summed E-state index contributed by atoms with van der Waals surface area (Å²) < 4.78 is 13.3. The highest BCUT2D eigenvalue weighted by molar-refractivity contribution is 6.30. The molecule has 0 saturated heterocycles. The molecule has 3 N–H and O–H groups in total. The van der Waals surface area contributed by atoms with Gasteiger partial charge in [0, 0.05) is 12.6 Å². The number of carbonyl (C=O) groups is 1. The fraction of sp³-hybridized carbons (Fsp3) is 0.400. The van der Waals surface area contributed by atoms with Gasteiger partial charge < -0.3 is 11.1 Å². The molecule has 1 saturated carbocycles. The van der Waals surface area contributed by atoms with E-state index in [1.807, 2.05) is 0 Å². The topological polar surface area (TPSA) is 125 Å². The molecule has 1 aromatic carbocycles. The fourth-order valence-corrected chi connectivity index (χ4v) is 3.75. The minimum Gasteiger partial charge on any atom is -0.347 e. The maximum atomic E-state index is 13.3. The zero-order valence-corrected chi connectivity index (χ0v) is 17.5. The Balaban J connectivity index is 1.39. The minimum absolute atomic E-state index is 0.00121. The van der Waals surface area contributed by atoms with Crippen LogP contribution in [-0.2, 0) is 13.1 Å². The number of halogens is 2. The molecule has 1 amide bonds. The van der Waals surface area contributed by atoms with Crippen molar-refractivity contribution in [2.45, 2.75) is 44.8 Å². The number of hydrogen-bond donors (Lipinski definition) is 2. The predicted molar refractivity (Wildman–Crippen MR) is 111 cm³/mol. The molecule has 0 bridgehead atoms. The number of benzene rings is 1. The zero-order chi connectivity index (χ0) is 21.8. The number of nitrogens with two attached hydrogens (primary N) is 1. The average Bonchev–Trinajstić information content (AvgIpc) is 3.24. The molecule has 3 aromatic rings. The minimum atomic E-state index is -0.509. The first-order chi connectivity index (χ1) is 15.0. The van der Waals surface area contributed by atoms with Gasteiger partial charge in [0.2, 0.25) is 5.82 Å². The average molecular weight is 445 g/mol.